The van der Waals surface area contributed by atoms with Crippen molar-refractivity contribution >= 4 is 5.91 Å². The second-order valence-corrected chi connectivity index (χ2v) is 9.07. The standard InChI is InChI=1S/C20H35NO16/c1-5(25)21-9-17(37-20-15(31)12(28)10(26)6(2-22)35-20)11(27)7(3-23)34-19(9)36-16-8(4-24)33-18(32)14(30)13(16)29/h6-20,22-24,26-32H,2-4H2,1H3,(H,21,25)/t6-,7-,8-,9-,10-,11+,12+,13-,14-,15-,16-,17-,18?,19+,20+/m1/s1. The van der Waals surface area contributed by atoms with Gasteiger partial charge in [-0.25, -0.2) is 0 Å². The number of amides is 1. The molecule has 17 heteroatoms. The lowest BCUT2D eigenvalue weighted by molar-refractivity contribution is -0.363. The Kier molecular flexibility index (Phi) is 10.5. The highest BCUT2D eigenvalue weighted by Gasteiger charge is 2.54. The minimum atomic E-state index is -1.87. The summed E-state index contributed by atoms with van der Waals surface area (Å²) in [5.74, 6) is -0.686. The van der Waals surface area contributed by atoms with Gasteiger partial charge in [-0.2, -0.15) is 0 Å². The lowest BCUT2D eigenvalue weighted by Gasteiger charge is -2.49. The molecular formula is C20H35NO16. The number of ether oxygens (including phenoxy) is 5. The van der Waals surface area contributed by atoms with Gasteiger partial charge in [0, 0.05) is 6.92 Å². The first-order valence-corrected chi connectivity index (χ1v) is 11.6. The second-order valence-electron chi connectivity index (χ2n) is 9.07. The zero-order chi connectivity index (χ0) is 27.6. The lowest BCUT2D eigenvalue weighted by atomic mass is 9.94. The summed E-state index contributed by atoms with van der Waals surface area (Å²) in [4.78, 5) is 12.0. The van der Waals surface area contributed by atoms with Crippen LogP contribution in [0.5, 0.6) is 0 Å². The van der Waals surface area contributed by atoms with Gasteiger partial charge in [0.2, 0.25) is 5.91 Å². The first-order chi connectivity index (χ1) is 17.4. The number of aliphatic hydroxyl groups excluding tert-OH is 10. The topological polar surface area (TPSA) is 278 Å². The van der Waals surface area contributed by atoms with Gasteiger partial charge >= 0.3 is 0 Å². The SMILES string of the molecule is CC(=O)N[C@H]1[C@H](O[C@H]2[C@H](O)[C@@H](O)C(O)O[C@@H]2CO)O[C@H](CO)[C@H](O)[C@@H]1O[C@@H]1O[C@H](CO)[C@@H](O)[C@H](O)[C@H]1O. The lowest BCUT2D eigenvalue weighted by Crippen LogP contribution is -2.69. The van der Waals surface area contributed by atoms with Gasteiger partial charge < -0.3 is 80.1 Å². The van der Waals surface area contributed by atoms with Crippen molar-refractivity contribution < 1.29 is 79.5 Å². The van der Waals surface area contributed by atoms with Gasteiger partial charge in [0.15, 0.2) is 18.9 Å². The highest BCUT2D eigenvalue weighted by atomic mass is 16.7. The van der Waals surface area contributed by atoms with Crippen molar-refractivity contribution in [1.82, 2.24) is 5.32 Å². The van der Waals surface area contributed by atoms with E-state index in [0.29, 0.717) is 0 Å². The number of carbonyl (C=O) groups is 1. The first kappa shape index (κ1) is 30.4. The number of carbonyl (C=O) groups excluding carboxylic acids is 1. The van der Waals surface area contributed by atoms with E-state index in [9.17, 15) is 55.9 Å². The van der Waals surface area contributed by atoms with Crippen LogP contribution in [0.1, 0.15) is 6.92 Å². The van der Waals surface area contributed by atoms with E-state index in [4.69, 9.17) is 23.7 Å². The minimum Gasteiger partial charge on any atom is -0.394 e. The van der Waals surface area contributed by atoms with Crippen molar-refractivity contribution in [3.63, 3.8) is 0 Å². The molecule has 3 fully saturated rings. The van der Waals surface area contributed by atoms with Crippen LogP contribution in [0.2, 0.25) is 0 Å². The quantitative estimate of drug-likeness (QED) is 0.135. The fourth-order valence-electron chi connectivity index (χ4n) is 4.46. The predicted octanol–water partition coefficient (Wildman–Crippen LogP) is -7.43. The summed E-state index contributed by atoms with van der Waals surface area (Å²) in [6.45, 7) is -1.25. The Hall–Kier alpha value is -1.13. The van der Waals surface area contributed by atoms with Crippen molar-refractivity contribution in [1.29, 1.82) is 0 Å². The van der Waals surface area contributed by atoms with E-state index < -0.39 is 118 Å². The van der Waals surface area contributed by atoms with Crippen LogP contribution in [-0.2, 0) is 28.5 Å². The van der Waals surface area contributed by atoms with E-state index in [2.05, 4.69) is 5.32 Å². The Labute approximate surface area is 210 Å². The Morgan fingerprint density at radius 3 is 1.76 bits per heavy atom. The monoisotopic (exact) mass is 545 g/mol. The third-order valence-electron chi connectivity index (χ3n) is 6.49. The van der Waals surface area contributed by atoms with Gasteiger partial charge in [-0.1, -0.05) is 0 Å². The van der Waals surface area contributed by atoms with Gasteiger partial charge in [0.25, 0.3) is 0 Å². The molecule has 0 aromatic rings. The van der Waals surface area contributed by atoms with Gasteiger partial charge in [0.1, 0.15) is 73.2 Å². The average molecular weight is 545 g/mol. The summed E-state index contributed by atoms with van der Waals surface area (Å²) in [7, 11) is 0. The van der Waals surface area contributed by atoms with Crippen LogP contribution in [0.15, 0.2) is 0 Å². The van der Waals surface area contributed by atoms with Crippen molar-refractivity contribution in [2.24, 2.45) is 0 Å². The van der Waals surface area contributed by atoms with Gasteiger partial charge in [0.05, 0.1) is 19.8 Å². The average Bonchev–Trinajstić information content (AvgIpc) is 2.87. The molecule has 3 aliphatic heterocycles. The third kappa shape index (κ3) is 6.38. The minimum absolute atomic E-state index is 0.686. The predicted molar refractivity (Wildman–Crippen MR) is 113 cm³/mol. The molecule has 0 radical (unpaired) electrons. The molecular weight excluding hydrogens is 510 g/mol. The van der Waals surface area contributed by atoms with Crippen LogP contribution < -0.4 is 5.32 Å². The maximum Gasteiger partial charge on any atom is 0.217 e. The highest BCUT2D eigenvalue weighted by molar-refractivity contribution is 5.73. The zero-order valence-corrected chi connectivity index (χ0v) is 19.7. The van der Waals surface area contributed by atoms with E-state index in [1.54, 1.807) is 0 Å². The molecule has 3 rings (SSSR count). The molecule has 1 unspecified atom stereocenters. The highest BCUT2D eigenvalue weighted by Crippen LogP contribution is 2.32. The van der Waals surface area contributed by atoms with E-state index in [1.165, 1.54) is 0 Å². The summed E-state index contributed by atoms with van der Waals surface area (Å²) < 4.78 is 27.3. The van der Waals surface area contributed by atoms with Crippen LogP contribution in [0.3, 0.4) is 0 Å². The fourth-order valence-corrected chi connectivity index (χ4v) is 4.46. The van der Waals surface area contributed by atoms with Crippen molar-refractivity contribution in [3.05, 3.63) is 0 Å². The summed E-state index contributed by atoms with van der Waals surface area (Å²) in [6.07, 6.45) is -23.3. The molecule has 17 nitrogen and oxygen atoms in total. The van der Waals surface area contributed by atoms with Crippen molar-refractivity contribution in [3.8, 4) is 0 Å². The Morgan fingerprint density at radius 2 is 1.19 bits per heavy atom. The second kappa shape index (κ2) is 12.8. The summed E-state index contributed by atoms with van der Waals surface area (Å²) in [5.41, 5.74) is 0. The summed E-state index contributed by atoms with van der Waals surface area (Å²) in [5, 5.41) is 103. The molecule has 15 atom stereocenters. The van der Waals surface area contributed by atoms with E-state index >= 15 is 0 Å². The molecule has 3 saturated heterocycles. The molecule has 37 heavy (non-hydrogen) atoms. The number of rotatable bonds is 8. The Morgan fingerprint density at radius 1 is 0.649 bits per heavy atom. The van der Waals surface area contributed by atoms with Crippen molar-refractivity contribution in [2.45, 2.75) is 99.0 Å². The first-order valence-electron chi connectivity index (χ1n) is 11.6. The normalized spacial score (nSPS) is 49.0. The zero-order valence-electron chi connectivity index (χ0n) is 19.7. The number of hydrogen-bond donors (Lipinski definition) is 11. The van der Waals surface area contributed by atoms with Crippen LogP contribution in [0.25, 0.3) is 0 Å². The largest absolute Gasteiger partial charge is 0.394 e. The van der Waals surface area contributed by atoms with Gasteiger partial charge in [-0.3, -0.25) is 4.79 Å². The molecule has 3 heterocycles. The smallest absolute Gasteiger partial charge is 0.217 e. The molecule has 216 valence electrons. The maximum atomic E-state index is 12.0. The van der Waals surface area contributed by atoms with E-state index in [-0.39, 0.29) is 0 Å². The third-order valence-corrected chi connectivity index (χ3v) is 6.49. The fraction of sp³-hybridized carbons (Fsp3) is 0.950. The van der Waals surface area contributed by atoms with Gasteiger partial charge in [-0.05, 0) is 0 Å². The molecule has 0 spiro atoms. The van der Waals surface area contributed by atoms with E-state index in [1.807, 2.05) is 0 Å². The molecule has 3 aliphatic rings. The van der Waals surface area contributed by atoms with E-state index in [0.717, 1.165) is 6.92 Å². The molecule has 11 N–H and O–H groups in total. The number of aliphatic hydroxyl groups is 10. The molecule has 0 aliphatic carbocycles. The molecule has 1 amide bonds. The van der Waals surface area contributed by atoms with Gasteiger partial charge in [-0.15, -0.1) is 0 Å². The number of nitrogens with one attached hydrogen (secondary N) is 1. The van der Waals surface area contributed by atoms with Crippen LogP contribution in [0, 0.1) is 0 Å². The number of hydrogen-bond acceptors (Lipinski definition) is 16. The molecule has 0 aromatic heterocycles. The molecule has 0 aromatic carbocycles. The molecule has 0 bridgehead atoms. The Bertz CT molecular complexity index is 743. The molecule has 0 saturated carbocycles. The summed E-state index contributed by atoms with van der Waals surface area (Å²) >= 11 is 0. The van der Waals surface area contributed by atoms with Crippen LogP contribution in [-0.4, -0.2) is 169 Å². The Balaban J connectivity index is 1.90. The van der Waals surface area contributed by atoms with Crippen LogP contribution >= 0.6 is 0 Å². The van der Waals surface area contributed by atoms with Crippen LogP contribution in [0.4, 0.5) is 0 Å². The maximum absolute atomic E-state index is 12.0. The van der Waals surface area contributed by atoms with Crippen molar-refractivity contribution in [2.75, 3.05) is 19.8 Å². The summed E-state index contributed by atoms with van der Waals surface area (Å²) in [6, 6.07) is -1.46.